The number of amides is 3. The largest absolute Gasteiger partial charge is 0.497 e. The van der Waals surface area contributed by atoms with Crippen LogP contribution in [-0.4, -0.2) is 53.5 Å². The molecule has 0 aliphatic rings. The summed E-state index contributed by atoms with van der Waals surface area (Å²) in [7, 11) is 4.63. The maximum Gasteiger partial charge on any atom is 0.343 e. The van der Waals surface area contributed by atoms with Gasteiger partial charge in [0.1, 0.15) is 12.3 Å². The van der Waals surface area contributed by atoms with Crippen molar-refractivity contribution < 1.29 is 23.8 Å². The summed E-state index contributed by atoms with van der Waals surface area (Å²) in [6, 6.07) is 11.7. The summed E-state index contributed by atoms with van der Waals surface area (Å²) in [6.07, 6.45) is 0. The first kappa shape index (κ1) is 22.7. The lowest BCUT2D eigenvalue weighted by atomic mass is 10.2. The maximum atomic E-state index is 12.1. The molecule has 0 aliphatic carbocycles. The molecule has 1 aromatic heterocycles. The monoisotopic (exact) mass is 459 g/mol. The first-order chi connectivity index (χ1) is 15.5. The van der Waals surface area contributed by atoms with Crippen molar-refractivity contribution in [1.29, 1.82) is 0 Å². The fraction of sp³-hybridized carbons (Fsp3) is 0.211. The van der Waals surface area contributed by atoms with Gasteiger partial charge in [0.2, 0.25) is 5.82 Å². The molecule has 0 bridgehead atoms. The molecule has 3 aromatic rings. The predicted octanol–water partition coefficient (Wildman–Crippen LogP) is 1.40. The van der Waals surface area contributed by atoms with Crippen molar-refractivity contribution in [3.63, 3.8) is 0 Å². The number of carbonyl (C=O) groups is 2. The standard InChI is InChI=1S/C19H21N7O5S/c1-29-13-5-7-14(8-6-13)32-24-19(28)22-20-17(27)11-26-23-18(21-25-26)12-4-9-15(30-2)16(10-12)31-3/h4-10H,11H2,1-3H3,(H,20,27)(H2,22,24,28). The molecule has 12 nitrogen and oxygen atoms in total. The number of nitrogens with zero attached hydrogens (tertiary/aromatic N) is 4. The topological polar surface area (TPSA) is 142 Å². The third-order valence-electron chi connectivity index (χ3n) is 4.02. The Morgan fingerprint density at radius 3 is 2.41 bits per heavy atom. The van der Waals surface area contributed by atoms with Crippen LogP contribution in [0.2, 0.25) is 0 Å². The number of methoxy groups -OCH3 is 3. The van der Waals surface area contributed by atoms with Gasteiger partial charge in [-0.1, -0.05) is 0 Å². The summed E-state index contributed by atoms with van der Waals surface area (Å²) in [4.78, 5) is 25.8. The minimum absolute atomic E-state index is 0.244. The Bertz CT molecular complexity index is 1070. The van der Waals surface area contributed by atoms with Crippen LogP contribution in [0.3, 0.4) is 0 Å². The van der Waals surface area contributed by atoms with E-state index in [0.717, 1.165) is 21.6 Å². The molecule has 13 heteroatoms. The minimum Gasteiger partial charge on any atom is -0.497 e. The number of hydrogen-bond acceptors (Lipinski definition) is 9. The van der Waals surface area contributed by atoms with Gasteiger partial charge in [0.15, 0.2) is 11.5 Å². The van der Waals surface area contributed by atoms with Gasteiger partial charge in [0, 0.05) is 10.5 Å². The van der Waals surface area contributed by atoms with Crippen LogP contribution in [0.4, 0.5) is 4.79 Å². The van der Waals surface area contributed by atoms with E-state index in [0.29, 0.717) is 28.6 Å². The van der Waals surface area contributed by atoms with E-state index in [-0.39, 0.29) is 6.54 Å². The Labute approximate surface area is 187 Å². The van der Waals surface area contributed by atoms with Crippen LogP contribution in [0.25, 0.3) is 11.4 Å². The van der Waals surface area contributed by atoms with Gasteiger partial charge in [-0.25, -0.2) is 10.2 Å². The molecule has 3 amide bonds. The lowest BCUT2D eigenvalue weighted by Gasteiger charge is -2.08. The Hall–Kier alpha value is -4.00. The molecule has 0 spiro atoms. The van der Waals surface area contributed by atoms with Gasteiger partial charge < -0.3 is 14.2 Å². The molecule has 0 aliphatic heterocycles. The number of rotatable bonds is 8. The zero-order valence-electron chi connectivity index (χ0n) is 17.5. The van der Waals surface area contributed by atoms with Gasteiger partial charge in [-0.3, -0.25) is 14.9 Å². The summed E-state index contributed by atoms with van der Waals surface area (Å²) in [5.41, 5.74) is 5.16. The molecule has 0 saturated heterocycles. The number of benzene rings is 2. The van der Waals surface area contributed by atoms with Crippen molar-refractivity contribution in [1.82, 2.24) is 35.8 Å². The van der Waals surface area contributed by atoms with E-state index in [9.17, 15) is 9.59 Å². The van der Waals surface area contributed by atoms with E-state index >= 15 is 0 Å². The van der Waals surface area contributed by atoms with Gasteiger partial charge in [-0.2, -0.15) is 4.80 Å². The van der Waals surface area contributed by atoms with E-state index in [1.807, 2.05) is 0 Å². The summed E-state index contributed by atoms with van der Waals surface area (Å²) in [6.45, 7) is -0.244. The number of carbonyl (C=O) groups excluding carboxylic acids is 2. The molecule has 0 unspecified atom stereocenters. The van der Waals surface area contributed by atoms with Crippen molar-refractivity contribution in [3.8, 4) is 28.6 Å². The summed E-state index contributed by atoms with van der Waals surface area (Å²) in [5, 5.41) is 11.9. The van der Waals surface area contributed by atoms with Crippen LogP contribution in [0, 0.1) is 0 Å². The number of hydrazine groups is 1. The first-order valence-electron chi connectivity index (χ1n) is 9.18. The van der Waals surface area contributed by atoms with Crippen molar-refractivity contribution in [2.75, 3.05) is 21.3 Å². The molecule has 2 aromatic carbocycles. The summed E-state index contributed by atoms with van der Waals surface area (Å²) in [5.74, 6) is 1.56. The van der Waals surface area contributed by atoms with Crippen molar-refractivity contribution >= 4 is 23.9 Å². The van der Waals surface area contributed by atoms with Gasteiger partial charge >= 0.3 is 6.03 Å². The molecule has 3 N–H and O–H groups in total. The van der Waals surface area contributed by atoms with E-state index in [1.165, 1.54) is 14.2 Å². The number of hydrogen-bond donors (Lipinski definition) is 3. The van der Waals surface area contributed by atoms with Crippen molar-refractivity contribution in [2.45, 2.75) is 11.4 Å². The van der Waals surface area contributed by atoms with Crippen LogP contribution < -0.4 is 29.8 Å². The second-order valence-corrected chi connectivity index (χ2v) is 6.97. The third-order valence-corrected chi connectivity index (χ3v) is 4.81. The lowest BCUT2D eigenvalue weighted by molar-refractivity contribution is -0.122. The van der Waals surface area contributed by atoms with Crippen LogP contribution >= 0.6 is 11.9 Å². The lowest BCUT2D eigenvalue weighted by Crippen LogP contribution is -2.46. The zero-order valence-corrected chi connectivity index (χ0v) is 18.3. The van der Waals surface area contributed by atoms with E-state index < -0.39 is 11.9 Å². The molecule has 168 valence electrons. The van der Waals surface area contributed by atoms with Crippen LogP contribution in [0.1, 0.15) is 0 Å². The van der Waals surface area contributed by atoms with Gasteiger partial charge in [-0.15, -0.1) is 10.2 Å². The fourth-order valence-corrected chi connectivity index (χ4v) is 3.00. The van der Waals surface area contributed by atoms with Crippen LogP contribution in [0.5, 0.6) is 17.2 Å². The Balaban J connectivity index is 1.47. The average molecular weight is 459 g/mol. The average Bonchev–Trinajstić information content (AvgIpc) is 3.29. The fourth-order valence-electron chi connectivity index (χ4n) is 2.47. The smallest absolute Gasteiger partial charge is 0.343 e. The molecule has 0 atom stereocenters. The van der Waals surface area contributed by atoms with E-state index in [2.05, 4.69) is 31.0 Å². The van der Waals surface area contributed by atoms with Crippen LogP contribution in [0.15, 0.2) is 47.4 Å². The number of aromatic nitrogens is 4. The zero-order chi connectivity index (χ0) is 22.9. The van der Waals surface area contributed by atoms with Crippen LogP contribution in [-0.2, 0) is 11.3 Å². The third kappa shape index (κ3) is 6.01. The highest BCUT2D eigenvalue weighted by atomic mass is 32.2. The molecule has 0 fully saturated rings. The highest BCUT2D eigenvalue weighted by Crippen LogP contribution is 2.30. The quantitative estimate of drug-likeness (QED) is 0.337. The van der Waals surface area contributed by atoms with E-state index in [1.54, 1.807) is 49.6 Å². The Kier molecular flexibility index (Phi) is 7.70. The number of tetrazole rings is 1. The molecule has 3 rings (SSSR count). The van der Waals surface area contributed by atoms with Gasteiger partial charge in [-0.05, 0) is 59.6 Å². The van der Waals surface area contributed by atoms with Crippen molar-refractivity contribution in [2.24, 2.45) is 0 Å². The minimum atomic E-state index is -0.600. The highest BCUT2D eigenvalue weighted by molar-refractivity contribution is 7.98. The van der Waals surface area contributed by atoms with E-state index in [4.69, 9.17) is 14.2 Å². The maximum absolute atomic E-state index is 12.1. The molecule has 32 heavy (non-hydrogen) atoms. The summed E-state index contributed by atoms with van der Waals surface area (Å²) >= 11 is 1.08. The first-order valence-corrected chi connectivity index (χ1v) is 10.00. The number of urea groups is 1. The molecular formula is C19H21N7O5S. The number of ether oxygens (including phenoxy) is 3. The Morgan fingerprint density at radius 2 is 1.72 bits per heavy atom. The van der Waals surface area contributed by atoms with Gasteiger partial charge in [0.05, 0.1) is 21.3 Å². The van der Waals surface area contributed by atoms with Gasteiger partial charge in [0.25, 0.3) is 5.91 Å². The van der Waals surface area contributed by atoms with Crippen molar-refractivity contribution in [3.05, 3.63) is 42.5 Å². The summed E-state index contributed by atoms with van der Waals surface area (Å²) < 4.78 is 18.1. The molecular weight excluding hydrogens is 438 g/mol. The predicted molar refractivity (Wildman–Crippen MR) is 115 cm³/mol. The normalized spacial score (nSPS) is 10.2. The Morgan fingerprint density at radius 1 is 0.969 bits per heavy atom. The SMILES string of the molecule is COc1ccc(SNC(=O)NNC(=O)Cn2nnc(-c3ccc(OC)c(OC)c3)n2)cc1. The number of nitrogens with one attached hydrogen (secondary N) is 3. The second kappa shape index (κ2) is 10.9. The molecule has 1 heterocycles. The molecule has 0 radical (unpaired) electrons. The molecule has 0 saturated carbocycles. The second-order valence-electron chi connectivity index (χ2n) is 6.10. The highest BCUT2D eigenvalue weighted by Gasteiger charge is 2.13.